The summed E-state index contributed by atoms with van der Waals surface area (Å²) < 4.78 is 47.2. The van der Waals surface area contributed by atoms with Gasteiger partial charge in [0.05, 0.1) is 23.6 Å². The molecule has 0 radical (unpaired) electrons. The minimum atomic E-state index is -4.90. The van der Waals surface area contributed by atoms with Crippen molar-refractivity contribution in [1.29, 1.82) is 0 Å². The number of rotatable bonds is 3. The first-order valence-electron chi connectivity index (χ1n) is 9.95. The zero-order valence-corrected chi connectivity index (χ0v) is 17.5. The fraction of sp³-hybridized carbons (Fsp3) is 0.318. The molecule has 1 aliphatic rings. The van der Waals surface area contributed by atoms with Crippen LogP contribution in [0.1, 0.15) is 11.3 Å². The molecule has 5 nitrogen and oxygen atoms in total. The molecule has 9 heteroatoms. The van der Waals surface area contributed by atoms with Crippen molar-refractivity contribution in [3.05, 3.63) is 63.0 Å². The lowest BCUT2D eigenvalue weighted by Gasteiger charge is -2.27. The van der Waals surface area contributed by atoms with E-state index in [-0.39, 0.29) is 39.4 Å². The first kappa shape index (κ1) is 21.7. The first-order valence-corrected chi connectivity index (χ1v) is 10.3. The molecule has 0 saturated carbocycles. The standard InChI is InChI=1S/C22H20ClF3N2O3/c1-27-7-9-28(10-8-27)12-16-17(29)6-5-15-19(30)18(13-3-2-4-14(23)11-13)21(22(24,25)26)31-20(15)16/h2-6,11,29H,7-10,12H2,1H3/p+2. The van der Waals surface area contributed by atoms with Crippen molar-refractivity contribution in [3.8, 4) is 16.9 Å². The fourth-order valence-electron chi connectivity index (χ4n) is 4.04. The van der Waals surface area contributed by atoms with E-state index in [0.29, 0.717) is 0 Å². The van der Waals surface area contributed by atoms with Gasteiger partial charge in [-0.1, -0.05) is 23.7 Å². The van der Waals surface area contributed by atoms with Crippen LogP contribution in [0, 0.1) is 0 Å². The van der Waals surface area contributed by atoms with Crippen LogP contribution in [0.4, 0.5) is 13.2 Å². The smallest absolute Gasteiger partial charge is 0.450 e. The highest BCUT2D eigenvalue weighted by Gasteiger charge is 2.40. The Morgan fingerprint density at radius 2 is 1.84 bits per heavy atom. The summed E-state index contributed by atoms with van der Waals surface area (Å²) >= 11 is 5.95. The Hall–Kier alpha value is -2.55. The van der Waals surface area contributed by atoms with Crippen LogP contribution in [0.5, 0.6) is 5.75 Å². The van der Waals surface area contributed by atoms with Gasteiger partial charge in [0, 0.05) is 5.02 Å². The van der Waals surface area contributed by atoms with Crippen LogP contribution in [0.2, 0.25) is 5.02 Å². The van der Waals surface area contributed by atoms with Gasteiger partial charge in [-0.05, 0) is 29.8 Å². The van der Waals surface area contributed by atoms with Crippen molar-refractivity contribution in [1.82, 2.24) is 0 Å². The summed E-state index contributed by atoms with van der Waals surface area (Å²) in [7, 11) is 2.08. The summed E-state index contributed by atoms with van der Waals surface area (Å²) in [5, 5.41) is 10.6. The second-order valence-corrected chi connectivity index (χ2v) is 8.40. The largest absolute Gasteiger partial charge is 0.507 e. The Morgan fingerprint density at radius 3 is 2.48 bits per heavy atom. The average Bonchev–Trinajstić information content (AvgIpc) is 2.70. The van der Waals surface area contributed by atoms with E-state index in [2.05, 4.69) is 7.05 Å². The van der Waals surface area contributed by atoms with E-state index < -0.39 is 22.9 Å². The number of piperazine rings is 1. The SMILES string of the molecule is C[NH+]1CC[NH+](Cc2c(O)ccc3c(=O)c(-c4cccc(Cl)c4)c(C(F)(F)F)oc23)CC1. The van der Waals surface area contributed by atoms with Crippen LogP contribution in [0.15, 0.2) is 45.6 Å². The highest BCUT2D eigenvalue weighted by molar-refractivity contribution is 6.30. The summed E-state index contributed by atoms with van der Waals surface area (Å²) in [5.41, 5.74) is -1.38. The molecule has 0 bridgehead atoms. The number of nitrogens with one attached hydrogen (secondary N) is 2. The van der Waals surface area contributed by atoms with Crippen LogP contribution < -0.4 is 15.2 Å². The molecule has 0 aliphatic carbocycles. The maximum atomic E-state index is 13.9. The molecular formula is C22H22ClF3N2O3+2. The molecule has 0 amide bonds. The molecule has 0 atom stereocenters. The minimum absolute atomic E-state index is 0.00470. The lowest BCUT2D eigenvalue weighted by molar-refractivity contribution is -1.01. The zero-order valence-electron chi connectivity index (χ0n) is 16.8. The lowest BCUT2D eigenvalue weighted by atomic mass is 10.00. The van der Waals surface area contributed by atoms with Gasteiger partial charge in [-0.3, -0.25) is 4.79 Å². The van der Waals surface area contributed by atoms with Crippen LogP contribution in [-0.4, -0.2) is 38.3 Å². The summed E-state index contributed by atoms with van der Waals surface area (Å²) in [6.07, 6.45) is -4.90. The van der Waals surface area contributed by atoms with Crippen LogP contribution in [-0.2, 0) is 12.7 Å². The molecule has 1 aliphatic heterocycles. The van der Waals surface area contributed by atoms with E-state index in [1.54, 1.807) is 0 Å². The summed E-state index contributed by atoms with van der Waals surface area (Å²) in [6.45, 7) is 3.71. The minimum Gasteiger partial charge on any atom is -0.507 e. The van der Waals surface area contributed by atoms with Crippen LogP contribution in [0.3, 0.4) is 0 Å². The van der Waals surface area contributed by atoms with Crippen molar-refractivity contribution >= 4 is 22.6 Å². The molecule has 1 fully saturated rings. The number of quaternary nitrogens is 2. The number of alkyl halides is 3. The van der Waals surface area contributed by atoms with Crippen molar-refractivity contribution in [2.75, 3.05) is 33.2 Å². The maximum absolute atomic E-state index is 13.9. The quantitative estimate of drug-likeness (QED) is 0.565. The Kier molecular flexibility index (Phi) is 5.72. The van der Waals surface area contributed by atoms with Crippen LogP contribution >= 0.6 is 11.6 Å². The van der Waals surface area contributed by atoms with Crippen molar-refractivity contribution in [2.45, 2.75) is 12.7 Å². The number of phenolic OH excluding ortho intramolecular Hbond substituents is 1. The van der Waals surface area contributed by atoms with Crippen molar-refractivity contribution < 1.29 is 32.5 Å². The molecule has 2 aromatic carbocycles. The Bertz CT molecular complexity index is 1190. The number of halogens is 4. The highest BCUT2D eigenvalue weighted by atomic mass is 35.5. The number of fused-ring (bicyclic) bond motifs is 1. The predicted molar refractivity (Wildman–Crippen MR) is 111 cm³/mol. The number of likely N-dealkylation sites (N-methyl/N-ethyl adjacent to an activating group) is 1. The number of benzene rings is 2. The van der Waals surface area contributed by atoms with E-state index in [1.165, 1.54) is 41.3 Å². The van der Waals surface area contributed by atoms with Gasteiger partial charge in [0.25, 0.3) is 0 Å². The molecule has 1 saturated heterocycles. The van der Waals surface area contributed by atoms with Gasteiger partial charge in [-0.2, -0.15) is 13.2 Å². The lowest BCUT2D eigenvalue weighted by Crippen LogP contribution is -3.26. The van der Waals surface area contributed by atoms with Gasteiger partial charge in [0.15, 0.2) is 5.58 Å². The fourth-order valence-corrected chi connectivity index (χ4v) is 4.23. The molecule has 2 heterocycles. The monoisotopic (exact) mass is 454 g/mol. The molecule has 4 rings (SSSR count). The molecule has 0 spiro atoms. The van der Waals surface area contributed by atoms with Gasteiger partial charge in [0.1, 0.15) is 38.5 Å². The Labute approximate surface area is 181 Å². The predicted octanol–water partition coefficient (Wildman–Crippen LogP) is 1.75. The van der Waals surface area contributed by atoms with E-state index in [1.807, 2.05) is 0 Å². The molecule has 3 N–H and O–H groups in total. The molecule has 1 aromatic heterocycles. The Balaban J connectivity index is 1.93. The van der Waals surface area contributed by atoms with Crippen molar-refractivity contribution in [3.63, 3.8) is 0 Å². The van der Waals surface area contributed by atoms with E-state index in [4.69, 9.17) is 16.0 Å². The normalized spacial score (nSPS) is 19.6. The van der Waals surface area contributed by atoms with Gasteiger partial charge >= 0.3 is 6.18 Å². The number of hydrogen-bond donors (Lipinski definition) is 3. The maximum Gasteiger partial charge on any atom is 0.450 e. The van der Waals surface area contributed by atoms with Crippen LogP contribution in [0.25, 0.3) is 22.1 Å². The molecule has 0 unspecified atom stereocenters. The summed E-state index contributed by atoms with van der Waals surface area (Å²) in [4.78, 5) is 15.7. The average molecular weight is 455 g/mol. The van der Waals surface area contributed by atoms with E-state index in [9.17, 15) is 23.1 Å². The van der Waals surface area contributed by atoms with Gasteiger partial charge < -0.3 is 19.3 Å². The van der Waals surface area contributed by atoms with Gasteiger partial charge in [-0.25, -0.2) is 0 Å². The Morgan fingerprint density at radius 1 is 1.13 bits per heavy atom. The molecule has 164 valence electrons. The third-order valence-corrected chi connectivity index (χ3v) is 5.98. The number of aromatic hydroxyl groups is 1. The second kappa shape index (κ2) is 8.18. The molecular weight excluding hydrogens is 433 g/mol. The number of phenols is 1. The number of hydrogen-bond acceptors (Lipinski definition) is 3. The highest BCUT2D eigenvalue weighted by Crippen LogP contribution is 2.39. The summed E-state index contributed by atoms with van der Waals surface area (Å²) in [6, 6.07) is 8.31. The van der Waals surface area contributed by atoms with Gasteiger partial charge in [0.2, 0.25) is 11.2 Å². The first-order chi connectivity index (χ1) is 14.6. The van der Waals surface area contributed by atoms with Crippen molar-refractivity contribution in [2.24, 2.45) is 0 Å². The van der Waals surface area contributed by atoms with E-state index in [0.717, 1.165) is 31.1 Å². The summed E-state index contributed by atoms with van der Waals surface area (Å²) in [5.74, 6) is -1.57. The third-order valence-electron chi connectivity index (χ3n) is 5.75. The topological polar surface area (TPSA) is 59.3 Å². The molecule has 31 heavy (non-hydrogen) atoms. The van der Waals surface area contributed by atoms with Gasteiger partial charge in [-0.15, -0.1) is 0 Å². The third kappa shape index (κ3) is 4.28. The zero-order chi connectivity index (χ0) is 22.3. The van der Waals surface area contributed by atoms with E-state index >= 15 is 0 Å². The second-order valence-electron chi connectivity index (χ2n) is 7.97. The molecule has 3 aromatic rings.